The Bertz CT molecular complexity index is 505. The van der Waals surface area contributed by atoms with E-state index < -0.39 is 0 Å². The molecule has 128 valence electrons. The van der Waals surface area contributed by atoms with Gasteiger partial charge in [0.15, 0.2) is 0 Å². The standard InChI is InChI=1S/C19H31N3O/c1-15(2)17(20-3)18(23)22-13-11-19(12-14-22,21(4)5)16-9-7-6-8-10-16/h6-10,15,17,20H,11-14H2,1-5H3. The number of nitrogens with one attached hydrogen (secondary N) is 1. The maximum atomic E-state index is 12.7. The second kappa shape index (κ2) is 7.45. The highest BCUT2D eigenvalue weighted by atomic mass is 16.2. The quantitative estimate of drug-likeness (QED) is 0.905. The molecule has 1 aromatic carbocycles. The second-order valence-corrected chi connectivity index (χ2v) is 7.13. The average Bonchev–Trinajstić information content (AvgIpc) is 2.55. The average molecular weight is 317 g/mol. The molecule has 1 fully saturated rings. The fraction of sp³-hybridized carbons (Fsp3) is 0.632. The maximum absolute atomic E-state index is 12.7. The molecular weight excluding hydrogens is 286 g/mol. The van der Waals surface area contributed by atoms with Gasteiger partial charge in [-0.05, 0) is 45.5 Å². The van der Waals surface area contributed by atoms with Crippen molar-refractivity contribution in [2.45, 2.75) is 38.3 Å². The molecule has 1 unspecified atom stereocenters. The van der Waals surface area contributed by atoms with Gasteiger partial charge in [-0.3, -0.25) is 9.69 Å². The molecule has 1 N–H and O–H groups in total. The number of likely N-dealkylation sites (N-methyl/N-ethyl adjacent to an activating group) is 1. The number of nitrogens with zero attached hydrogens (tertiary/aromatic N) is 2. The number of hydrogen-bond donors (Lipinski definition) is 1. The van der Waals surface area contributed by atoms with Gasteiger partial charge < -0.3 is 10.2 Å². The van der Waals surface area contributed by atoms with Crippen LogP contribution in [0.2, 0.25) is 0 Å². The lowest BCUT2D eigenvalue weighted by Gasteiger charge is -2.47. The van der Waals surface area contributed by atoms with Crippen molar-refractivity contribution in [2.75, 3.05) is 34.2 Å². The smallest absolute Gasteiger partial charge is 0.239 e. The normalized spacial score (nSPS) is 19.2. The molecule has 4 nitrogen and oxygen atoms in total. The molecule has 0 radical (unpaired) electrons. The van der Waals surface area contributed by atoms with E-state index in [2.05, 4.69) is 68.5 Å². The summed E-state index contributed by atoms with van der Waals surface area (Å²) in [5.74, 6) is 0.546. The van der Waals surface area contributed by atoms with Crippen LogP contribution in [0, 0.1) is 5.92 Å². The van der Waals surface area contributed by atoms with Crippen molar-refractivity contribution in [1.29, 1.82) is 0 Å². The maximum Gasteiger partial charge on any atom is 0.239 e. The van der Waals surface area contributed by atoms with Gasteiger partial charge in [-0.15, -0.1) is 0 Å². The predicted octanol–water partition coefficient (Wildman–Crippen LogP) is 2.31. The largest absolute Gasteiger partial charge is 0.341 e. The third-order valence-electron chi connectivity index (χ3n) is 5.31. The summed E-state index contributed by atoms with van der Waals surface area (Å²) in [5.41, 5.74) is 1.39. The van der Waals surface area contributed by atoms with E-state index in [1.807, 2.05) is 11.9 Å². The van der Waals surface area contributed by atoms with Crippen LogP contribution in [0.15, 0.2) is 30.3 Å². The summed E-state index contributed by atoms with van der Waals surface area (Å²) in [6, 6.07) is 10.6. The Morgan fingerprint density at radius 1 is 1.17 bits per heavy atom. The van der Waals surface area contributed by atoms with E-state index in [0.29, 0.717) is 5.92 Å². The van der Waals surface area contributed by atoms with Crippen molar-refractivity contribution in [1.82, 2.24) is 15.1 Å². The molecule has 0 saturated carbocycles. The number of hydrogen-bond acceptors (Lipinski definition) is 3. The van der Waals surface area contributed by atoms with Crippen LogP contribution in [0.5, 0.6) is 0 Å². The van der Waals surface area contributed by atoms with Gasteiger partial charge in [0, 0.05) is 18.6 Å². The number of piperidine rings is 1. The summed E-state index contributed by atoms with van der Waals surface area (Å²) in [6.07, 6.45) is 1.95. The van der Waals surface area contributed by atoms with Gasteiger partial charge in [0.2, 0.25) is 5.91 Å². The van der Waals surface area contributed by atoms with Crippen molar-refractivity contribution in [2.24, 2.45) is 5.92 Å². The lowest BCUT2D eigenvalue weighted by atomic mass is 9.79. The number of carbonyl (C=O) groups excluding carboxylic acids is 1. The predicted molar refractivity (Wildman–Crippen MR) is 95.3 cm³/mol. The highest BCUT2D eigenvalue weighted by Crippen LogP contribution is 2.37. The molecule has 23 heavy (non-hydrogen) atoms. The fourth-order valence-corrected chi connectivity index (χ4v) is 3.78. The van der Waals surface area contributed by atoms with Gasteiger partial charge in [0.05, 0.1) is 6.04 Å². The Morgan fingerprint density at radius 3 is 2.17 bits per heavy atom. The minimum absolute atomic E-state index is 0.0327. The number of rotatable bonds is 5. The van der Waals surface area contributed by atoms with E-state index in [1.165, 1.54) is 5.56 Å². The summed E-state index contributed by atoms with van der Waals surface area (Å²) >= 11 is 0. The Labute approximate surface area is 140 Å². The van der Waals surface area contributed by atoms with E-state index in [1.54, 1.807) is 0 Å². The van der Waals surface area contributed by atoms with Gasteiger partial charge in [-0.25, -0.2) is 0 Å². The van der Waals surface area contributed by atoms with Gasteiger partial charge in [-0.2, -0.15) is 0 Å². The van der Waals surface area contributed by atoms with E-state index in [0.717, 1.165) is 25.9 Å². The molecule has 2 rings (SSSR count). The molecule has 1 amide bonds. The van der Waals surface area contributed by atoms with Crippen LogP contribution in [0.25, 0.3) is 0 Å². The van der Waals surface area contributed by atoms with Crippen molar-refractivity contribution in [3.63, 3.8) is 0 Å². The molecule has 1 heterocycles. The third kappa shape index (κ3) is 3.59. The number of amides is 1. The second-order valence-electron chi connectivity index (χ2n) is 7.13. The Morgan fingerprint density at radius 2 is 1.74 bits per heavy atom. The molecule has 0 spiro atoms. The molecule has 0 aromatic heterocycles. The SMILES string of the molecule is CNC(C(=O)N1CCC(c2ccccc2)(N(C)C)CC1)C(C)C. The van der Waals surface area contributed by atoms with E-state index >= 15 is 0 Å². The highest BCUT2D eigenvalue weighted by Gasteiger charge is 2.40. The van der Waals surface area contributed by atoms with Gasteiger partial charge >= 0.3 is 0 Å². The van der Waals surface area contributed by atoms with Gasteiger partial charge in [0.1, 0.15) is 0 Å². The topological polar surface area (TPSA) is 35.6 Å². The van der Waals surface area contributed by atoms with Crippen LogP contribution in [0.4, 0.5) is 0 Å². The zero-order valence-corrected chi connectivity index (χ0v) is 15.2. The van der Waals surface area contributed by atoms with Crippen molar-refractivity contribution in [3.8, 4) is 0 Å². The summed E-state index contributed by atoms with van der Waals surface area (Å²) in [5, 5.41) is 3.17. The number of carbonyl (C=O) groups is 1. The Hall–Kier alpha value is -1.39. The molecule has 1 aliphatic heterocycles. The third-order valence-corrected chi connectivity index (χ3v) is 5.31. The summed E-state index contributed by atoms with van der Waals surface area (Å²) < 4.78 is 0. The fourth-order valence-electron chi connectivity index (χ4n) is 3.78. The molecule has 0 aliphatic carbocycles. The van der Waals surface area contributed by atoms with E-state index in [-0.39, 0.29) is 17.5 Å². The molecule has 1 saturated heterocycles. The number of benzene rings is 1. The van der Waals surface area contributed by atoms with Gasteiger partial charge in [0.25, 0.3) is 0 Å². The monoisotopic (exact) mass is 317 g/mol. The zero-order chi connectivity index (χ0) is 17.0. The van der Waals surface area contributed by atoms with Crippen LogP contribution in [0.3, 0.4) is 0 Å². The molecule has 0 bridgehead atoms. The summed E-state index contributed by atoms with van der Waals surface area (Å²) in [6.45, 7) is 5.82. The Kier molecular flexibility index (Phi) is 5.82. The molecular formula is C19H31N3O. The summed E-state index contributed by atoms with van der Waals surface area (Å²) in [7, 11) is 6.17. The molecule has 1 aliphatic rings. The van der Waals surface area contributed by atoms with Crippen LogP contribution in [-0.2, 0) is 10.3 Å². The minimum Gasteiger partial charge on any atom is -0.341 e. The lowest BCUT2D eigenvalue weighted by Crippen LogP contribution is -2.55. The number of likely N-dealkylation sites (tertiary alicyclic amines) is 1. The van der Waals surface area contributed by atoms with Crippen LogP contribution in [0.1, 0.15) is 32.3 Å². The minimum atomic E-state index is -0.0846. The van der Waals surface area contributed by atoms with Crippen LogP contribution >= 0.6 is 0 Å². The first-order valence-electron chi connectivity index (χ1n) is 8.61. The van der Waals surface area contributed by atoms with Crippen LogP contribution < -0.4 is 5.32 Å². The molecule has 1 atom stereocenters. The van der Waals surface area contributed by atoms with Crippen LogP contribution in [-0.4, -0.2) is 56.0 Å². The van der Waals surface area contributed by atoms with Gasteiger partial charge in [-0.1, -0.05) is 44.2 Å². The van der Waals surface area contributed by atoms with Crippen molar-refractivity contribution < 1.29 is 4.79 Å². The molecule has 1 aromatic rings. The Balaban J connectivity index is 2.13. The summed E-state index contributed by atoms with van der Waals surface area (Å²) in [4.78, 5) is 17.1. The van der Waals surface area contributed by atoms with Crippen molar-refractivity contribution >= 4 is 5.91 Å². The first-order valence-corrected chi connectivity index (χ1v) is 8.61. The van der Waals surface area contributed by atoms with E-state index in [4.69, 9.17) is 0 Å². The van der Waals surface area contributed by atoms with E-state index in [9.17, 15) is 4.79 Å². The van der Waals surface area contributed by atoms with Crippen molar-refractivity contribution in [3.05, 3.63) is 35.9 Å². The zero-order valence-electron chi connectivity index (χ0n) is 15.2. The first kappa shape index (κ1) is 18.0. The lowest BCUT2D eigenvalue weighted by molar-refractivity contribution is -0.137. The first-order chi connectivity index (χ1) is 10.9. The molecule has 4 heteroatoms. The highest BCUT2D eigenvalue weighted by molar-refractivity contribution is 5.82.